The van der Waals surface area contributed by atoms with E-state index in [1.807, 2.05) is 19.4 Å². The van der Waals surface area contributed by atoms with Gasteiger partial charge in [0.2, 0.25) is 0 Å². The Hall–Kier alpha value is -0.410. The van der Waals surface area contributed by atoms with Gasteiger partial charge in [-0.15, -0.1) is 0 Å². The highest BCUT2D eigenvalue weighted by atomic mass is 79.9. The predicted octanol–water partition coefficient (Wildman–Crippen LogP) is 3.27. The molecule has 3 heteroatoms. The third kappa shape index (κ3) is 3.56. The van der Waals surface area contributed by atoms with Gasteiger partial charge < -0.3 is 5.32 Å². The zero-order chi connectivity index (χ0) is 12.2. The second kappa shape index (κ2) is 5.78. The molecule has 0 spiro atoms. The predicted molar refractivity (Wildman–Crippen MR) is 72.5 cm³/mol. The molecule has 1 rings (SSSR count). The van der Waals surface area contributed by atoms with Crippen LogP contribution in [0.5, 0.6) is 0 Å². The molecule has 0 saturated carbocycles. The van der Waals surface area contributed by atoms with Crippen molar-refractivity contribution in [3.05, 3.63) is 28.5 Å². The molecule has 0 bridgehead atoms. The van der Waals surface area contributed by atoms with E-state index in [9.17, 15) is 0 Å². The van der Waals surface area contributed by atoms with Crippen LogP contribution in [0.1, 0.15) is 26.3 Å². The summed E-state index contributed by atoms with van der Waals surface area (Å²) in [4.78, 5) is 4.22. The number of pyridine rings is 1. The molecular weight excluding hydrogens is 264 g/mol. The first-order valence-electron chi connectivity index (χ1n) is 5.72. The summed E-state index contributed by atoms with van der Waals surface area (Å²) in [5.41, 5.74) is 1.57. The van der Waals surface area contributed by atoms with Gasteiger partial charge in [-0.25, -0.2) is 0 Å². The molecule has 0 aliphatic heterocycles. The summed E-state index contributed by atoms with van der Waals surface area (Å²) in [6, 6.07) is 2.16. The topological polar surface area (TPSA) is 24.9 Å². The first-order valence-corrected chi connectivity index (χ1v) is 6.51. The van der Waals surface area contributed by atoms with Crippen molar-refractivity contribution in [3.8, 4) is 0 Å². The molecule has 1 aromatic rings. The molecule has 0 saturated heterocycles. The third-order valence-electron chi connectivity index (χ3n) is 3.34. The lowest BCUT2D eigenvalue weighted by Crippen LogP contribution is -2.36. The van der Waals surface area contributed by atoms with Gasteiger partial charge in [0.05, 0.1) is 0 Å². The maximum atomic E-state index is 4.22. The molecule has 1 aromatic heterocycles. The zero-order valence-electron chi connectivity index (χ0n) is 10.5. The molecule has 0 fully saturated rings. The number of nitrogens with one attached hydrogen (secondary N) is 1. The Bertz CT molecular complexity index is 338. The van der Waals surface area contributed by atoms with Crippen LogP contribution in [-0.4, -0.2) is 18.6 Å². The fraction of sp³-hybridized carbons (Fsp3) is 0.615. The molecule has 2 nitrogen and oxygen atoms in total. The van der Waals surface area contributed by atoms with Gasteiger partial charge in [0, 0.05) is 23.4 Å². The molecule has 1 unspecified atom stereocenters. The molecule has 0 aliphatic rings. The second-order valence-corrected chi connectivity index (χ2v) is 5.94. The number of rotatable bonds is 5. The maximum absolute atomic E-state index is 4.22. The first kappa shape index (κ1) is 13.7. The summed E-state index contributed by atoms with van der Waals surface area (Å²) in [6.45, 7) is 7.91. The van der Waals surface area contributed by atoms with E-state index in [-0.39, 0.29) is 5.41 Å². The van der Waals surface area contributed by atoms with Crippen LogP contribution in [0.15, 0.2) is 22.9 Å². The second-order valence-electron chi connectivity index (χ2n) is 5.03. The first-order chi connectivity index (χ1) is 7.48. The fourth-order valence-corrected chi connectivity index (χ4v) is 2.31. The van der Waals surface area contributed by atoms with E-state index in [4.69, 9.17) is 0 Å². The highest BCUT2D eigenvalue weighted by Crippen LogP contribution is 2.31. The fourth-order valence-electron chi connectivity index (χ4n) is 1.89. The summed E-state index contributed by atoms with van der Waals surface area (Å²) in [5.74, 6) is 0.638. The van der Waals surface area contributed by atoms with Gasteiger partial charge in [0.25, 0.3) is 0 Å². The summed E-state index contributed by atoms with van der Waals surface area (Å²) in [6.07, 6.45) is 4.84. The van der Waals surface area contributed by atoms with Gasteiger partial charge >= 0.3 is 0 Å². The number of nitrogens with zero attached hydrogens (tertiary/aromatic N) is 1. The minimum absolute atomic E-state index is 0.275. The normalized spacial score (nSPS) is 15.1. The third-order valence-corrected chi connectivity index (χ3v) is 3.78. The van der Waals surface area contributed by atoms with Crippen molar-refractivity contribution in [1.82, 2.24) is 10.3 Å². The van der Waals surface area contributed by atoms with E-state index >= 15 is 0 Å². The van der Waals surface area contributed by atoms with Crippen molar-refractivity contribution in [2.75, 3.05) is 13.6 Å². The Morgan fingerprint density at radius 1 is 1.44 bits per heavy atom. The standard InChI is InChI=1S/C13H21BrN2/c1-10(2)13(3,9-15-4)6-11-5-12(14)8-16-7-11/h5,7-8,10,15H,6,9H2,1-4H3. The molecule has 0 aromatic carbocycles. The highest BCUT2D eigenvalue weighted by Gasteiger charge is 2.27. The van der Waals surface area contributed by atoms with E-state index in [0.29, 0.717) is 5.92 Å². The van der Waals surface area contributed by atoms with Crippen molar-refractivity contribution >= 4 is 15.9 Å². The van der Waals surface area contributed by atoms with Crippen LogP contribution in [0.3, 0.4) is 0 Å². The van der Waals surface area contributed by atoms with Crippen LogP contribution in [0.25, 0.3) is 0 Å². The average molecular weight is 285 g/mol. The smallest absolute Gasteiger partial charge is 0.0410 e. The molecule has 1 N–H and O–H groups in total. The highest BCUT2D eigenvalue weighted by molar-refractivity contribution is 9.10. The maximum Gasteiger partial charge on any atom is 0.0410 e. The van der Waals surface area contributed by atoms with Crippen LogP contribution >= 0.6 is 15.9 Å². The van der Waals surface area contributed by atoms with E-state index in [1.165, 1.54) is 5.56 Å². The molecule has 1 heterocycles. The van der Waals surface area contributed by atoms with Gasteiger partial charge in [-0.2, -0.15) is 0 Å². The molecule has 0 amide bonds. The van der Waals surface area contributed by atoms with Crippen LogP contribution < -0.4 is 5.32 Å². The van der Waals surface area contributed by atoms with Crippen LogP contribution in [0.2, 0.25) is 0 Å². The van der Waals surface area contributed by atoms with Gasteiger partial charge in [0.15, 0.2) is 0 Å². The van der Waals surface area contributed by atoms with Crippen molar-refractivity contribution < 1.29 is 0 Å². The van der Waals surface area contributed by atoms with Crippen molar-refractivity contribution in [2.24, 2.45) is 11.3 Å². The quantitative estimate of drug-likeness (QED) is 0.898. The largest absolute Gasteiger partial charge is 0.319 e. The van der Waals surface area contributed by atoms with Gasteiger partial charge in [0.1, 0.15) is 0 Å². The summed E-state index contributed by atoms with van der Waals surface area (Å²) >= 11 is 3.47. The SMILES string of the molecule is CNCC(C)(Cc1cncc(Br)c1)C(C)C. The number of hydrogen-bond donors (Lipinski definition) is 1. The van der Waals surface area contributed by atoms with E-state index < -0.39 is 0 Å². The van der Waals surface area contributed by atoms with Crippen molar-refractivity contribution in [3.63, 3.8) is 0 Å². The molecule has 1 atom stereocenters. The lowest BCUT2D eigenvalue weighted by atomic mass is 9.74. The minimum atomic E-state index is 0.275. The van der Waals surface area contributed by atoms with Gasteiger partial charge in [-0.3, -0.25) is 4.98 Å². The Balaban J connectivity index is 2.83. The lowest BCUT2D eigenvalue weighted by molar-refractivity contribution is 0.212. The molecule has 0 radical (unpaired) electrons. The Labute approximate surface area is 107 Å². The summed E-state index contributed by atoms with van der Waals surface area (Å²) in [5, 5.41) is 3.29. The van der Waals surface area contributed by atoms with Crippen LogP contribution in [-0.2, 0) is 6.42 Å². The summed E-state index contributed by atoms with van der Waals surface area (Å²) in [7, 11) is 2.01. The zero-order valence-corrected chi connectivity index (χ0v) is 12.1. The van der Waals surface area contributed by atoms with Crippen molar-refractivity contribution in [1.29, 1.82) is 0 Å². The average Bonchev–Trinajstić information content (AvgIpc) is 2.17. The molecule has 90 valence electrons. The van der Waals surface area contributed by atoms with E-state index in [2.05, 4.69) is 53.1 Å². The Morgan fingerprint density at radius 3 is 2.62 bits per heavy atom. The number of aromatic nitrogens is 1. The molecule has 16 heavy (non-hydrogen) atoms. The Kier molecular flexibility index (Phi) is 4.93. The van der Waals surface area contributed by atoms with E-state index in [1.54, 1.807) is 0 Å². The van der Waals surface area contributed by atoms with Crippen LogP contribution in [0, 0.1) is 11.3 Å². The van der Waals surface area contributed by atoms with Gasteiger partial charge in [-0.05, 0) is 52.4 Å². The monoisotopic (exact) mass is 284 g/mol. The van der Waals surface area contributed by atoms with Crippen molar-refractivity contribution in [2.45, 2.75) is 27.2 Å². The lowest BCUT2D eigenvalue weighted by Gasteiger charge is -2.33. The number of halogens is 1. The Morgan fingerprint density at radius 2 is 2.12 bits per heavy atom. The van der Waals surface area contributed by atoms with Gasteiger partial charge in [-0.1, -0.05) is 20.8 Å². The molecular formula is C13H21BrN2. The summed E-state index contributed by atoms with van der Waals surface area (Å²) < 4.78 is 1.06. The number of hydrogen-bond acceptors (Lipinski definition) is 2. The minimum Gasteiger partial charge on any atom is -0.319 e. The molecule has 0 aliphatic carbocycles. The van der Waals surface area contributed by atoms with Crippen LogP contribution in [0.4, 0.5) is 0 Å². The van der Waals surface area contributed by atoms with E-state index in [0.717, 1.165) is 17.4 Å².